The zero-order chi connectivity index (χ0) is 12.3. The van der Waals surface area contributed by atoms with E-state index in [1.54, 1.807) is 12.4 Å². The van der Waals surface area contributed by atoms with Gasteiger partial charge < -0.3 is 10.6 Å². The smallest absolute Gasteiger partial charge is 0.0673 e. The average molecular weight is 357 g/mol. The maximum atomic E-state index is 4.16. The second-order valence-electron chi connectivity index (χ2n) is 3.43. The Bertz CT molecular complexity index is 509. The Morgan fingerprint density at radius 3 is 2.35 bits per heavy atom. The molecule has 2 N–H and O–H groups in total. The predicted octanol–water partition coefficient (Wildman–Crippen LogP) is 4.39. The summed E-state index contributed by atoms with van der Waals surface area (Å²) in [6.45, 7) is 0. The van der Waals surface area contributed by atoms with Gasteiger partial charge in [-0.2, -0.15) is 0 Å². The molecular formula is C12H11Br2N3. The molecule has 0 fully saturated rings. The molecule has 0 aliphatic heterocycles. The van der Waals surface area contributed by atoms with E-state index in [0.29, 0.717) is 0 Å². The molecule has 0 saturated carbocycles. The summed E-state index contributed by atoms with van der Waals surface area (Å²) in [5, 5.41) is 6.38. The van der Waals surface area contributed by atoms with Crippen molar-refractivity contribution in [3.8, 4) is 0 Å². The molecular weight excluding hydrogens is 346 g/mol. The van der Waals surface area contributed by atoms with Crippen molar-refractivity contribution >= 4 is 48.9 Å². The summed E-state index contributed by atoms with van der Waals surface area (Å²) in [5.41, 5.74) is 2.89. The molecule has 0 spiro atoms. The van der Waals surface area contributed by atoms with Crippen LogP contribution in [0.2, 0.25) is 0 Å². The van der Waals surface area contributed by atoms with Crippen LogP contribution in [-0.2, 0) is 0 Å². The molecule has 0 aliphatic carbocycles. The number of halogens is 2. The summed E-state index contributed by atoms with van der Waals surface area (Å²) in [6.07, 6.45) is 3.56. The molecule has 2 rings (SSSR count). The maximum Gasteiger partial charge on any atom is 0.0673 e. The summed E-state index contributed by atoms with van der Waals surface area (Å²) < 4.78 is 2.00. The highest BCUT2D eigenvalue weighted by Gasteiger charge is 2.05. The Morgan fingerprint density at radius 1 is 1.06 bits per heavy atom. The minimum atomic E-state index is 0.935. The van der Waals surface area contributed by atoms with Crippen LogP contribution in [0.25, 0.3) is 0 Å². The molecule has 88 valence electrons. The molecule has 5 heteroatoms. The van der Waals surface area contributed by atoms with E-state index in [0.717, 1.165) is 26.0 Å². The van der Waals surface area contributed by atoms with Crippen LogP contribution in [-0.4, -0.2) is 12.0 Å². The first-order valence-corrected chi connectivity index (χ1v) is 6.63. The van der Waals surface area contributed by atoms with Crippen molar-refractivity contribution in [3.05, 3.63) is 45.6 Å². The first-order valence-electron chi connectivity index (χ1n) is 5.04. The number of rotatable bonds is 3. The monoisotopic (exact) mass is 355 g/mol. The van der Waals surface area contributed by atoms with Crippen LogP contribution in [0.5, 0.6) is 0 Å². The minimum Gasteiger partial charge on any atom is -0.387 e. The Kier molecular flexibility index (Phi) is 4.02. The third-order valence-corrected chi connectivity index (χ3v) is 3.58. The number of pyridine rings is 1. The van der Waals surface area contributed by atoms with Gasteiger partial charge in [0.15, 0.2) is 0 Å². The minimum absolute atomic E-state index is 0.935. The second-order valence-corrected chi connectivity index (χ2v) is 5.14. The lowest BCUT2D eigenvalue weighted by Crippen LogP contribution is -1.95. The van der Waals surface area contributed by atoms with Crippen molar-refractivity contribution in [2.45, 2.75) is 0 Å². The largest absolute Gasteiger partial charge is 0.387 e. The van der Waals surface area contributed by atoms with Gasteiger partial charge in [0.2, 0.25) is 0 Å². The van der Waals surface area contributed by atoms with Crippen LogP contribution >= 0.6 is 31.9 Å². The number of hydrogen-bond donors (Lipinski definition) is 2. The molecule has 3 nitrogen and oxygen atoms in total. The Labute approximate surface area is 117 Å². The molecule has 1 aromatic carbocycles. The van der Waals surface area contributed by atoms with Crippen LogP contribution in [0.4, 0.5) is 17.1 Å². The Morgan fingerprint density at radius 2 is 1.71 bits per heavy atom. The summed E-state index contributed by atoms with van der Waals surface area (Å²) >= 11 is 7.02. The van der Waals surface area contributed by atoms with Gasteiger partial charge in [-0.3, -0.25) is 4.98 Å². The summed E-state index contributed by atoms with van der Waals surface area (Å²) in [7, 11) is 1.87. The maximum absolute atomic E-state index is 4.16. The van der Waals surface area contributed by atoms with Crippen molar-refractivity contribution in [1.29, 1.82) is 0 Å². The zero-order valence-corrected chi connectivity index (χ0v) is 12.3. The van der Waals surface area contributed by atoms with Crippen LogP contribution in [0.15, 0.2) is 45.6 Å². The lowest BCUT2D eigenvalue weighted by molar-refractivity contribution is 1.30. The van der Waals surface area contributed by atoms with E-state index in [2.05, 4.69) is 47.5 Å². The fourth-order valence-corrected chi connectivity index (χ4v) is 2.60. The molecule has 0 atom stereocenters. The number of nitrogens with zero attached hydrogens (tertiary/aromatic N) is 1. The van der Waals surface area contributed by atoms with Gasteiger partial charge >= 0.3 is 0 Å². The number of nitrogens with one attached hydrogen (secondary N) is 2. The van der Waals surface area contributed by atoms with E-state index in [1.165, 1.54) is 0 Å². The Balaban J connectivity index is 2.31. The first-order chi connectivity index (χ1) is 8.20. The summed E-state index contributed by atoms with van der Waals surface area (Å²) in [4.78, 5) is 4.16. The van der Waals surface area contributed by atoms with E-state index in [-0.39, 0.29) is 0 Å². The van der Waals surface area contributed by atoms with Crippen molar-refractivity contribution in [2.75, 3.05) is 17.7 Å². The molecule has 0 bridgehead atoms. The molecule has 0 amide bonds. The standard InChI is InChI=1S/C12H11Br2N3/c1-15-8-5-9(7-16-6-8)17-12-10(13)3-2-4-11(12)14/h2-7,15,17H,1H3. The predicted molar refractivity (Wildman–Crippen MR) is 78.9 cm³/mol. The fraction of sp³-hybridized carbons (Fsp3) is 0.0833. The number of hydrogen-bond acceptors (Lipinski definition) is 3. The lowest BCUT2D eigenvalue weighted by Gasteiger charge is -2.11. The van der Waals surface area contributed by atoms with Gasteiger partial charge in [-0.25, -0.2) is 0 Å². The van der Waals surface area contributed by atoms with Crippen molar-refractivity contribution in [1.82, 2.24) is 4.98 Å². The third kappa shape index (κ3) is 2.98. The molecule has 17 heavy (non-hydrogen) atoms. The first kappa shape index (κ1) is 12.4. The number of benzene rings is 1. The van der Waals surface area contributed by atoms with Gasteiger partial charge in [-0.15, -0.1) is 0 Å². The SMILES string of the molecule is CNc1cncc(Nc2c(Br)cccc2Br)c1. The molecule has 0 unspecified atom stereocenters. The molecule has 0 saturated heterocycles. The molecule has 2 aromatic rings. The summed E-state index contributed by atoms with van der Waals surface area (Å²) in [6, 6.07) is 7.95. The zero-order valence-electron chi connectivity index (χ0n) is 9.17. The fourth-order valence-electron chi connectivity index (χ4n) is 1.41. The van der Waals surface area contributed by atoms with E-state index in [9.17, 15) is 0 Å². The number of anilines is 3. The topological polar surface area (TPSA) is 37.0 Å². The van der Waals surface area contributed by atoms with Gasteiger partial charge in [0.25, 0.3) is 0 Å². The van der Waals surface area contributed by atoms with Crippen molar-refractivity contribution in [2.24, 2.45) is 0 Å². The highest BCUT2D eigenvalue weighted by atomic mass is 79.9. The summed E-state index contributed by atoms with van der Waals surface area (Å²) in [5.74, 6) is 0. The van der Waals surface area contributed by atoms with E-state index in [1.807, 2.05) is 31.3 Å². The van der Waals surface area contributed by atoms with Crippen molar-refractivity contribution < 1.29 is 0 Å². The Hall–Kier alpha value is -1.07. The van der Waals surface area contributed by atoms with Crippen LogP contribution in [0.3, 0.4) is 0 Å². The molecule has 1 heterocycles. The van der Waals surface area contributed by atoms with Gasteiger partial charge in [0.05, 0.1) is 29.5 Å². The van der Waals surface area contributed by atoms with E-state index >= 15 is 0 Å². The molecule has 0 aliphatic rings. The highest BCUT2D eigenvalue weighted by Crippen LogP contribution is 2.33. The molecule has 1 aromatic heterocycles. The quantitative estimate of drug-likeness (QED) is 0.856. The van der Waals surface area contributed by atoms with Crippen LogP contribution in [0, 0.1) is 0 Å². The number of aromatic nitrogens is 1. The third-order valence-electron chi connectivity index (χ3n) is 2.26. The molecule has 0 radical (unpaired) electrons. The highest BCUT2D eigenvalue weighted by molar-refractivity contribution is 9.11. The van der Waals surface area contributed by atoms with Gasteiger partial charge in [0, 0.05) is 16.0 Å². The average Bonchev–Trinajstić information content (AvgIpc) is 2.34. The van der Waals surface area contributed by atoms with E-state index < -0.39 is 0 Å². The van der Waals surface area contributed by atoms with Crippen molar-refractivity contribution in [3.63, 3.8) is 0 Å². The van der Waals surface area contributed by atoms with E-state index in [4.69, 9.17) is 0 Å². The van der Waals surface area contributed by atoms with Crippen LogP contribution in [0.1, 0.15) is 0 Å². The van der Waals surface area contributed by atoms with Gasteiger partial charge in [0.1, 0.15) is 0 Å². The second kappa shape index (κ2) is 5.51. The lowest BCUT2D eigenvalue weighted by atomic mass is 10.3. The van der Waals surface area contributed by atoms with Gasteiger partial charge in [-0.1, -0.05) is 6.07 Å². The van der Waals surface area contributed by atoms with Gasteiger partial charge in [-0.05, 0) is 50.1 Å². The van der Waals surface area contributed by atoms with Crippen LogP contribution < -0.4 is 10.6 Å². The number of para-hydroxylation sites is 1. The normalized spacial score (nSPS) is 10.1.